The lowest BCUT2D eigenvalue weighted by Crippen LogP contribution is -2.02. The van der Waals surface area contributed by atoms with E-state index in [0.717, 1.165) is 6.20 Å². The van der Waals surface area contributed by atoms with Gasteiger partial charge in [0, 0.05) is 23.8 Å². The minimum absolute atomic E-state index is 0.0486. The zero-order valence-electron chi connectivity index (χ0n) is 16.4. The number of ether oxygens (including phenoxy) is 1. The molecule has 3 aromatic heterocycles. The number of nitrogen functional groups attached to an aromatic ring is 1. The molecule has 0 saturated heterocycles. The summed E-state index contributed by atoms with van der Waals surface area (Å²) < 4.78 is 31.8. The lowest BCUT2D eigenvalue weighted by atomic mass is 10.1. The van der Waals surface area contributed by atoms with Crippen molar-refractivity contribution in [2.45, 2.75) is 0 Å². The summed E-state index contributed by atoms with van der Waals surface area (Å²) in [5, 5.41) is 14.5. The van der Waals surface area contributed by atoms with Crippen LogP contribution in [-0.2, 0) is 0 Å². The highest BCUT2D eigenvalue weighted by atomic mass is 79.9. The highest BCUT2D eigenvalue weighted by molar-refractivity contribution is 9.10. The topological polar surface area (TPSA) is 129 Å². The van der Waals surface area contributed by atoms with Gasteiger partial charge in [-0.05, 0) is 46.3 Å². The number of rotatable bonds is 4. The minimum Gasteiger partial charge on any atom is -0.495 e. The number of hydrogen-bond donors (Lipinski definition) is 2. The quantitative estimate of drug-likeness (QED) is 0.293. The van der Waals surface area contributed by atoms with E-state index in [2.05, 4.69) is 36.2 Å². The summed E-state index contributed by atoms with van der Waals surface area (Å²) >= 11 is 3.33. The maximum absolute atomic E-state index is 13.9. The highest BCUT2D eigenvalue weighted by Crippen LogP contribution is 2.38. The van der Waals surface area contributed by atoms with E-state index < -0.39 is 16.6 Å². The number of fused-ring (bicyclic) bond motifs is 1. The number of pyridine rings is 3. The van der Waals surface area contributed by atoms with Crippen LogP contribution in [-0.4, -0.2) is 27.0 Å². The molecule has 0 saturated carbocycles. The van der Waals surface area contributed by atoms with Crippen LogP contribution in [0.25, 0.3) is 10.9 Å². The van der Waals surface area contributed by atoms with Crippen molar-refractivity contribution in [2.24, 2.45) is 0 Å². The van der Waals surface area contributed by atoms with Gasteiger partial charge < -0.3 is 15.8 Å². The Balaban J connectivity index is 0.000000305. The lowest BCUT2D eigenvalue weighted by molar-refractivity contribution is -0.384. The number of hydrogen-bond acceptors (Lipinski definition) is 8. The number of benzene rings is 1. The molecular formula is C20H15BrF2N6O3. The Morgan fingerprint density at radius 2 is 1.81 bits per heavy atom. The predicted octanol–water partition coefficient (Wildman–Crippen LogP) is 4.99. The van der Waals surface area contributed by atoms with Gasteiger partial charge in [-0.25, -0.2) is 23.7 Å². The first-order valence-electron chi connectivity index (χ1n) is 8.86. The van der Waals surface area contributed by atoms with Crippen LogP contribution in [0, 0.1) is 21.7 Å². The Hall–Kier alpha value is -3.93. The van der Waals surface area contributed by atoms with Gasteiger partial charge in [0.15, 0.2) is 23.3 Å². The van der Waals surface area contributed by atoms with Gasteiger partial charge in [-0.15, -0.1) is 0 Å². The van der Waals surface area contributed by atoms with Crippen molar-refractivity contribution >= 4 is 49.8 Å². The fourth-order valence-corrected chi connectivity index (χ4v) is 3.11. The third-order valence-electron chi connectivity index (χ3n) is 4.11. The van der Waals surface area contributed by atoms with Crippen LogP contribution in [0.15, 0.2) is 59.5 Å². The molecule has 0 unspecified atom stereocenters. The maximum atomic E-state index is 13.9. The fourth-order valence-electron chi connectivity index (χ4n) is 2.60. The summed E-state index contributed by atoms with van der Waals surface area (Å²) in [5.74, 6) is -0.719. The fraction of sp³-hybridized carbons (Fsp3) is 0.0500. The first kappa shape index (κ1) is 22.7. The maximum Gasteiger partial charge on any atom is 0.311 e. The second kappa shape index (κ2) is 9.92. The van der Waals surface area contributed by atoms with Crippen LogP contribution in [0.5, 0.6) is 5.75 Å². The molecule has 3 heterocycles. The molecule has 0 fully saturated rings. The normalized spacial score (nSPS) is 10.2. The van der Waals surface area contributed by atoms with E-state index in [1.54, 1.807) is 12.1 Å². The number of methoxy groups -OCH3 is 1. The van der Waals surface area contributed by atoms with Crippen LogP contribution >= 0.6 is 15.9 Å². The van der Waals surface area contributed by atoms with Crippen molar-refractivity contribution in [3.63, 3.8) is 0 Å². The van der Waals surface area contributed by atoms with Crippen molar-refractivity contribution in [3.05, 3.63) is 81.2 Å². The molecule has 4 aromatic rings. The second-order valence-corrected chi connectivity index (χ2v) is 6.96. The van der Waals surface area contributed by atoms with Gasteiger partial charge in [0.2, 0.25) is 0 Å². The number of anilines is 3. The van der Waals surface area contributed by atoms with E-state index in [1.165, 1.54) is 43.8 Å². The largest absolute Gasteiger partial charge is 0.495 e. The average molecular weight is 505 g/mol. The van der Waals surface area contributed by atoms with E-state index in [0.29, 0.717) is 21.1 Å². The summed E-state index contributed by atoms with van der Waals surface area (Å²) in [5.41, 5.74) is 5.31. The molecule has 0 bridgehead atoms. The summed E-state index contributed by atoms with van der Waals surface area (Å²) in [6.45, 7) is 0. The van der Waals surface area contributed by atoms with E-state index in [-0.39, 0.29) is 23.0 Å². The van der Waals surface area contributed by atoms with E-state index >= 15 is 0 Å². The second-order valence-electron chi connectivity index (χ2n) is 6.11. The Labute approximate surface area is 188 Å². The van der Waals surface area contributed by atoms with Crippen LogP contribution in [0.3, 0.4) is 0 Å². The molecule has 0 radical (unpaired) electrons. The van der Waals surface area contributed by atoms with Crippen molar-refractivity contribution in [2.75, 3.05) is 18.2 Å². The summed E-state index contributed by atoms with van der Waals surface area (Å²) in [7, 11) is 1.50. The average Bonchev–Trinajstić information content (AvgIpc) is 2.77. The molecule has 9 nitrogen and oxygen atoms in total. The zero-order chi connectivity index (χ0) is 23.3. The van der Waals surface area contributed by atoms with E-state index in [1.807, 2.05) is 0 Å². The Morgan fingerprint density at radius 3 is 2.38 bits per heavy atom. The summed E-state index contributed by atoms with van der Waals surface area (Å²) in [6, 6.07) is 8.65. The number of aromatic nitrogens is 3. The molecule has 3 N–H and O–H groups in total. The Bertz CT molecular complexity index is 1270. The van der Waals surface area contributed by atoms with Gasteiger partial charge in [0.1, 0.15) is 17.6 Å². The molecule has 0 aliphatic heterocycles. The lowest BCUT2D eigenvalue weighted by Gasteiger charge is -2.11. The molecule has 0 aliphatic carbocycles. The van der Waals surface area contributed by atoms with Gasteiger partial charge in [-0.2, -0.15) is 0 Å². The molecule has 0 atom stereocenters. The van der Waals surface area contributed by atoms with Gasteiger partial charge in [-0.1, -0.05) is 0 Å². The number of nitrogens with zero attached hydrogens (tertiary/aromatic N) is 4. The predicted molar refractivity (Wildman–Crippen MR) is 119 cm³/mol. The number of nitro groups is 1. The van der Waals surface area contributed by atoms with Gasteiger partial charge >= 0.3 is 5.69 Å². The smallest absolute Gasteiger partial charge is 0.311 e. The molecule has 1 aromatic carbocycles. The van der Waals surface area contributed by atoms with Gasteiger partial charge in [0.05, 0.1) is 22.0 Å². The van der Waals surface area contributed by atoms with Crippen molar-refractivity contribution in [3.8, 4) is 5.75 Å². The van der Waals surface area contributed by atoms with Crippen LogP contribution in [0.1, 0.15) is 0 Å². The SMILES string of the molecule is COc1cc2ncc([N+](=O)[O-])c(Nc3ncccc3F)c2cc1Br.Nc1ncccc1F. The molecule has 0 spiro atoms. The molecule has 0 amide bonds. The van der Waals surface area contributed by atoms with Gasteiger partial charge in [0.25, 0.3) is 0 Å². The number of halogens is 3. The molecular weight excluding hydrogens is 490 g/mol. The monoisotopic (exact) mass is 504 g/mol. The van der Waals surface area contributed by atoms with Crippen molar-refractivity contribution < 1.29 is 18.4 Å². The standard InChI is InChI=1S/C15H10BrFN4O3.C5H5FN2/c1-24-13-6-11-8(5-9(13)16)14(12(7-19-11)21(22)23)20-15-10(17)3-2-4-18-15;6-4-2-1-3-8-5(4)7/h2-7H,1H3,(H,18,19,20);1-3H,(H2,7,8). The van der Waals surface area contributed by atoms with Crippen LogP contribution < -0.4 is 15.8 Å². The Morgan fingerprint density at radius 1 is 1.12 bits per heavy atom. The third kappa shape index (κ3) is 5.03. The van der Waals surface area contributed by atoms with Crippen LogP contribution in [0.4, 0.5) is 31.8 Å². The van der Waals surface area contributed by atoms with E-state index in [9.17, 15) is 18.9 Å². The Kier molecular flexibility index (Phi) is 7.05. The minimum atomic E-state index is -0.621. The summed E-state index contributed by atoms with van der Waals surface area (Å²) in [4.78, 5) is 22.2. The zero-order valence-corrected chi connectivity index (χ0v) is 18.0. The third-order valence-corrected chi connectivity index (χ3v) is 4.73. The number of nitrogens with two attached hydrogens (primary N) is 1. The molecule has 32 heavy (non-hydrogen) atoms. The van der Waals surface area contributed by atoms with E-state index in [4.69, 9.17) is 10.5 Å². The molecule has 164 valence electrons. The van der Waals surface area contributed by atoms with Crippen LogP contribution in [0.2, 0.25) is 0 Å². The van der Waals surface area contributed by atoms with Crippen molar-refractivity contribution in [1.82, 2.24) is 15.0 Å². The molecule has 12 heteroatoms. The van der Waals surface area contributed by atoms with Crippen molar-refractivity contribution in [1.29, 1.82) is 0 Å². The molecule has 4 rings (SSSR count). The summed E-state index contributed by atoms with van der Waals surface area (Å²) in [6.07, 6.45) is 3.94. The first-order valence-corrected chi connectivity index (χ1v) is 9.65. The number of nitrogens with one attached hydrogen (secondary N) is 1. The van der Waals surface area contributed by atoms with Gasteiger partial charge in [-0.3, -0.25) is 10.1 Å². The highest BCUT2D eigenvalue weighted by Gasteiger charge is 2.21. The molecule has 0 aliphatic rings. The first-order chi connectivity index (χ1) is 15.3.